The third-order valence-electron chi connectivity index (χ3n) is 5.08. The maximum absolute atomic E-state index is 13.0. The van der Waals surface area contributed by atoms with E-state index in [-0.39, 0.29) is 5.56 Å². The molecule has 1 fully saturated rings. The van der Waals surface area contributed by atoms with Crippen LogP contribution in [0.2, 0.25) is 0 Å². The number of amides is 1. The zero-order valence-electron chi connectivity index (χ0n) is 16.1. The third-order valence-corrected chi connectivity index (χ3v) is 5.08. The Balaban J connectivity index is 1.84. The van der Waals surface area contributed by atoms with Crippen LogP contribution in [-0.4, -0.2) is 30.3 Å². The summed E-state index contributed by atoms with van der Waals surface area (Å²) >= 11 is 0. The molecule has 0 atom stereocenters. The summed E-state index contributed by atoms with van der Waals surface area (Å²) in [5.74, 6) is 2.57. The molecule has 1 N–H and O–H groups in total. The van der Waals surface area contributed by atoms with Crippen molar-refractivity contribution in [2.45, 2.75) is 25.4 Å². The predicted octanol–water partition coefficient (Wildman–Crippen LogP) is 4.14. The molecule has 5 nitrogen and oxygen atoms in total. The standard InChI is InChI=1S/C22H20F3N3O2/c1-2-15-12-19(20(26-14-15)28-9-6-16(7-10-28)8-11-29)27-21(30)17-4-3-5-18(13-17)22(23,24)25/h1,3-5,11-14,16H,6-10H2,(H,27,30). The van der Waals surface area contributed by atoms with Gasteiger partial charge in [-0.05, 0) is 43.0 Å². The number of nitrogens with one attached hydrogen (secondary N) is 1. The number of hydrogen-bond acceptors (Lipinski definition) is 4. The summed E-state index contributed by atoms with van der Waals surface area (Å²) < 4.78 is 38.9. The molecule has 1 aromatic carbocycles. The van der Waals surface area contributed by atoms with E-state index in [1.54, 1.807) is 6.07 Å². The van der Waals surface area contributed by atoms with E-state index in [4.69, 9.17) is 6.42 Å². The van der Waals surface area contributed by atoms with Gasteiger partial charge in [0.15, 0.2) is 5.82 Å². The van der Waals surface area contributed by atoms with Crippen molar-refractivity contribution in [1.29, 1.82) is 0 Å². The first-order chi connectivity index (χ1) is 14.3. The Morgan fingerprint density at radius 3 is 2.67 bits per heavy atom. The van der Waals surface area contributed by atoms with Crippen LogP contribution in [0.15, 0.2) is 36.5 Å². The number of carbonyl (C=O) groups is 2. The largest absolute Gasteiger partial charge is 0.416 e. The molecule has 1 aliphatic rings. The number of aromatic nitrogens is 1. The molecule has 0 saturated carbocycles. The van der Waals surface area contributed by atoms with E-state index in [9.17, 15) is 22.8 Å². The molecular formula is C22H20F3N3O2. The van der Waals surface area contributed by atoms with Gasteiger partial charge in [-0.1, -0.05) is 12.0 Å². The fourth-order valence-electron chi connectivity index (χ4n) is 3.43. The number of terminal acetylenes is 1. The number of pyridine rings is 1. The van der Waals surface area contributed by atoms with Crippen LogP contribution < -0.4 is 10.2 Å². The monoisotopic (exact) mass is 415 g/mol. The summed E-state index contributed by atoms with van der Waals surface area (Å²) in [6, 6.07) is 5.79. The lowest BCUT2D eigenvalue weighted by Crippen LogP contribution is -2.35. The smallest absolute Gasteiger partial charge is 0.355 e. The van der Waals surface area contributed by atoms with Gasteiger partial charge < -0.3 is 15.0 Å². The Hall–Kier alpha value is -3.34. The first-order valence-corrected chi connectivity index (χ1v) is 9.45. The predicted molar refractivity (Wildman–Crippen MR) is 107 cm³/mol. The van der Waals surface area contributed by atoms with Crippen LogP contribution >= 0.6 is 0 Å². The molecule has 0 aliphatic carbocycles. The van der Waals surface area contributed by atoms with Crippen molar-refractivity contribution in [1.82, 2.24) is 4.98 Å². The van der Waals surface area contributed by atoms with Gasteiger partial charge in [-0.3, -0.25) is 4.79 Å². The average Bonchev–Trinajstić information content (AvgIpc) is 2.74. The van der Waals surface area contributed by atoms with Gasteiger partial charge in [0, 0.05) is 36.8 Å². The summed E-state index contributed by atoms with van der Waals surface area (Å²) in [6.07, 6.45) is 5.43. The minimum atomic E-state index is -4.54. The lowest BCUT2D eigenvalue weighted by atomic mass is 9.94. The van der Waals surface area contributed by atoms with E-state index in [1.165, 1.54) is 18.3 Å². The topological polar surface area (TPSA) is 62.3 Å². The number of halogens is 3. The van der Waals surface area contributed by atoms with Crippen LogP contribution in [-0.2, 0) is 11.0 Å². The highest BCUT2D eigenvalue weighted by Crippen LogP contribution is 2.31. The number of hydrogen-bond donors (Lipinski definition) is 1. The summed E-state index contributed by atoms with van der Waals surface area (Å²) in [6.45, 7) is 1.29. The minimum Gasteiger partial charge on any atom is -0.355 e. The van der Waals surface area contributed by atoms with Crippen molar-refractivity contribution in [2.24, 2.45) is 5.92 Å². The van der Waals surface area contributed by atoms with Crippen LogP contribution in [0.1, 0.15) is 40.7 Å². The van der Waals surface area contributed by atoms with Crippen molar-refractivity contribution in [3.63, 3.8) is 0 Å². The number of piperidine rings is 1. The summed E-state index contributed by atoms with van der Waals surface area (Å²) in [5, 5.41) is 2.65. The van der Waals surface area contributed by atoms with E-state index in [0.29, 0.717) is 42.5 Å². The number of alkyl halides is 3. The Labute approximate surface area is 172 Å². The normalized spacial score (nSPS) is 14.8. The van der Waals surface area contributed by atoms with Crippen molar-refractivity contribution in [2.75, 3.05) is 23.3 Å². The molecule has 156 valence electrons. The molecule has 30 heavy (non-hydrogen) atoms. The van der Waals surface area contributed by atoms with Crippen molar-refractivity contribution >= 4 is 23.7 Å². The lowest BCUT2D eigenvalue weighted by Gasteiger charge is -2.33. The van der Waals surface area contributed by atoms with Crippen LogP contribution in [0.3, 0.4) is 0 Å². The fourth-order valence-corrected chi connectivity index (χ4v) is 3.43. The van der Waals surface area contributed by atoms with Crippen molar-refractivity contribution in [3.05, 3.63) is 53.2 Å². The van der Waals surface area contributed by atoms with Gasteiger partial charge in [0.2, 0.25) is 0 Å². The van der Waals surface area contributed by atoms with Gasteiger partial charge in [-0.15, -0.1) is 6.42 Å². The molecule has 0 spiro atoms. The molecule has 2 aromatic rings. The van der Waals surface area contributed by atoms with E-state index < -0.39 is 17.6 Å². The highest BCUT2D eigenvalue weighted by atomic mass is 19.4. The summed E-state index contributed by atoms with van der Waals surface area (Å²) in [5.41, 5.74) is -0.245. The maximum Gasteiger partial charge on any atom is 0.416 e. The van der Waals surface area contributed by atoms with Gasteiger partial charge in [-0.25, -0.2) is 4.98 Å². The van der Waals surface area contributed by atoms with Crippen LogP contribution in [0.25, 0.3) is 0 Å². The Morgan fingerprint density at radius 2 is 2.03 bits per heavy atom. The van der Waals surface area contributed by atoms with Gasteiger partial charge in [0.25, 0.3) is 5.91 Å². The van der Waals surface area contributed by atoms with Crippen LogP contribution in [0.5, 0.6) is 0 Å². The number of carbonyl (C=O) groups excluding carboxylic acids is 2. The molecule has 1 saturated heterocycles. The fraction of sp³-hybridized carbons (Fsp3) is 0.318. The van der Waals surface area contributed by atoms with Gasteiger partial charge in [0.05, 0.1) is 11.3 Å². The van der Waals surface area contributed by atoms with E-state index in [1.807, 2.05) is 4.90 Å². The molecule has 2 heterocycles. The van der Waals surface area contributed by atoms with Crippen molar-refractivity contribution in [3.8, 4) is 12.3 Å². The molecular weight excluding hydrogens is 395 g/mol. The number of benzene rings is 1. The van der Waals surface area contributed by atoms with E-state index in [0.717, 1.165) is 31.3 Å². The van der Waals surface area contributed by atoms with E-state index >= 15 is 0 Å². The SMILES string of the molecule is C#Cc1cnc(N2CCC(CC=O)CC2)c(NC(=O)c2cccc(C(F)(F)F)c2)c1. The quantitative estimate of drug-likeness (QED) is 0.589. The first kappa shape index (κ1) is 21.4. The summed E-state index contributed by atoms with van der Waals surface area (Å²) in [7, 11) is 0. The molecule has 1 aliphatic heterocycles. The number of anilines is 2. The van der Waals surface area contributed by atoms with Gasteiger partial charge in [0.1, 0.15) is 6.29 Å². The molecule has 0 radical (unpaired) electrons. The molecule has 8 heteroatoms. The summed E-state index contributed by atoms with van der Waals surface area (Å²) in [4.78, 5) is 29.7. The molecule has 1 aromatic heterocycles. The van der Waals surface area contributed by atoms with Crippen LogP contribution in [0.4, 0.5) is 24.7 Å². The highest BCUT2D eigenvalue weighted by molar-refractivity contribution is 6.05. The number of aldehydes is 1. The lowest BCUT2D eigenvalue weighted by molar-refractivity contribution is -0.137. The number of nitrogens with zero attached hydrogens (tertiary/aromatic N) is 2. The highest BCUT2D eigenvalue weighted by Gasteiger charge is 2.31. The Morgan fingerprint density at radius 1 is 1.30 bits per heavy atom. The molecule has 0 bridgehead atoms. The first-order valence-electron chi connectivity index (χ1n) is 9.45. The average molecular weight is 415 g/mol. The zero-order chi connectivity index (χ0) is 21.7. The number of rotatable bonds is 5. The second-order valence-electron chi connectivity index (χ2n) is 7.10. The molecule has 3 rings (SSSR count). The Kier molecular flexibility index (Phi) is 6.40. The van der Waals surface area contributed by atoms with Gasteiger partial charge >= 0.3 is 6.18 Å². The molecule has 1 amide bonds. The second kappa shape index (κ2) is 8.99. The van der Waals surface area contributed by atoms with Crippen LogP contribution in [0, 0.1) is 18.3 Å². The van der Waals surface area contributed by atoms with E-state index in [2.05, 4.69) is 16.2 Å². The minimum absolute atomic E-state index is 0.119. The van der Waals surface area contributed by atoms with Gasteiger partial charge in [-0.2, -0.15) is 13.2 Å². The second-order valence-corrected chi connectivity index (χ2v) is 7.10. The zero-order valence-corrected chi connectivity index (χ0v) is 16.1. The van der Waals surface area contributed by atoms with Crippen molar-refractivity contribution < 1.29 is 22.8 Å². The maximum atomic E-state index is 13.0. The molecule has 0 unspecified atom stereocenters. The third kappa shape index (κ3) is 4.98. The Bertz CT molecular complexity index is 974.